The SMILES string of the molecule is O=C1OCCC=C[C@H]2S[C@]34C=CCN(Cn5nnc6ccccc65)C(=O)C3N(CCCCCO)C(=O)[C@@H]4[C@@H]12. The van der Waals surface area contributed by atoms with Gasteiger partial charge in [-0.3, -0.25) is 14.4 Å². The maximum absolute atomic E-state index is 14.3. The number of benzene rings is 1. The fraction of sp³-hybridized carbons (Fsp3) is 0.519. The molecule has 1 unspecified atom stereocenters. The van der Waals surface area contributed by atoms with E-state index in [-0.39, 0.29) is 36.3 Å². The van der Waals surface area contributed by atoms with Crippen molar-refractivity contribution in [3.63, 3.8) is 0 Å². The fourth-order valence-electron chi connectivity index (χ4n) is 6.27. The average molecular weight is 538 g/mol. The molecule has 0 aliphatic carbocycles. The van der Waals surface area contributed by atoms with Crippen LogP contribution in [-0.4, -0.2) is 90.0 Å². The number of ether oxygens (including phenoxy) is 1. The summed E-state index contributed by atoms with van der Waals surface area (Å²) in [7, 11) is 0. The van der Waals surface area contributed by atoms with Gasteiger partial charge >= 0.3 is 5.97 Å². The number of amides is 2. The Labute approximate surface area is 224 Å². The Morgan fingerprint density at radius 1 is 1.11 bits per heavy atom. The van der Waals surface area contributed by atoms with Crippen molar-refractivity contribution < 1.29 is 24.2 Å². The minimum Gasteiger partial charge on any atom is -0.465 e. The Balaban J connectivity index is 1.37. The van der Waals surface area contributed by atoms with Gasteiger partial charge in [-0.05, 0) is 37.8 Å². The molecule has 2 fully saturated rings. The number of hydrogen-bond donors (Lipinski definition) is 1. The monoisotopic (exact) mass is 537 g/mol. The van der Waals surface area contributed by atoms with Crippen LogP contribution in [-0.2, 0) is 25.8 Å². The van der Waals surface area contributed by atoms with Crippen molar-refractivity contribution in [1.82, 2.24) is 24.8 Å². The number of carbonyl (C=O) groups excluding carboxylic acids is 3. The lowest BCUT2D eigenvalue weighted by Crippen LogP contribution is -2.53. The van der Waals surface area contributed by atoms with Gasteiger partial charge in [0.05, 0.1) is 28.7 Å². The van der Waals surface area contributed by atoms with Crippen LogP contribution < -0.4 is 0 Å². The van der Waals surface area contributed by atoms with Crippen molar-refractivity contribution in [2.75, 3.05) is 26.3 Å². The number of thioether (sulfide) groups is 1. The molecule has 200 valence electrons. The van der Waals surface area contributed by atoms with E-state index in [0.717, 1.165) is 17.5 Å². The Hall–Kier alpha value is -3.18. The highest BCUT2D eigenvalue weighted by Crippen LogP contribution is 2.60. The molecule has 2 saturated heterocycles. The number of aliphatic hydroxyl groups excluding tert-OH is 1. The molecule has 1 aromatic carbocycles. The lowest BCUT2D eigenvalue weighted by molar-refractivity contribution is -0.153. The third kappa shape index (κ3) is 4.03. The molecular formula is C27H31N5O5S. The average Bonchev–Trinajstić information content (AvgIpc) is 3.50. The Bertz CT molecular complexity index is 1310. The highest BCUT2D eigenvalue weighted by molar-refractivity contribution is 8.02. The summed E-state index contributed by atoms with van der Waals surface area (Å²) in [5.74, 6) is -2.01. The van der Waals surface area contributed by atoms with Gasteiger partial charge in [-0.1, -0.05) is 41.7 Å². The largest absolute Gasteiger partial charge is 0.465 e. The van der Waals surface area contributed by atoms with Crippen molar-refractivity contribution in [1.29, 1.82) is 0 Å². The second kappa shape index (κ2) is 10.2. The smallest absolute Gasteiger partial charge is 0.311 e. The fourth-order valence-corrected chi connectivity index (χ4v) is 8.28. The summed E-state index contributed by atoms with van der Waals surface area (Å²) in [4.78, 5) is 45.0. The molecule has 38 heavy (non-hydrogen) atoms. The standard InChI is InChI=1S/C27H31N5O5S/c33-15-6-1-5-14-31-23-25(35)30(17-32-19-10-3-2-9-18(19)28-29-32)13-8-12-27(23)22(24(31)34)21-20(38-27)11-4-7-16-37-26(21)36/h2-4,8-12,20-23,33H,1,5-7,13-17H2/t20-,21+,22+,23?,27+/m1/s1. The molecule has 5 atom stereocenters. The minimum absolute atomic E-state index is 0.0863. The molecule has 2 aromatic rings. The summed E-state index contributed by atoms with van der Waals surface area (Å²) in [6, 6.07) is 6.84. The third-order valence-electron chi connectivity index (χ3n) is 7.99. The maximum atomic E-state index is 14.3. The summed E-state index contributed by atoms with van der Waals surface area (Å²) < 4.78 is 6.36. The zero-order chi connectivity index (χ0) is 26.3. The Kier molecular flexibility index (Phi) is 6.73. The van der Waals surface area contributed by atoms with Gasteiger partial charge < -0.3 is 19.6 Å². The highest BCUT2D eigenvalue weighted by atomic mass is 32.2. The number of aliphatic hydroxyl groups is 1. The van der Waals surface area contributed by atoms with Gasteiger partial charge in [0.15, 0.2) is 0 Å². The predicted octanol–water partition coefficient (Wildman–Crippen LogP) is 1.75. The molecule has 0 bridgehead atoms. The first-order valence-electron chi connectivity index (χ1n) is 13.2. The molecule has 4 aliphatic rings. The molecule has 4 aliphatic heterocycles. The number of fused-ring (bicyclic) bond motifs is 3. The normalized spacial score (nSPS) is 30.6. The molecular weight excluding hydrogens is 506 g/mol. The number of hydrogen-bond acceptors (Lipinski definition) is 8. The minimum atomic E-state index is -0.868. The van der Waals surface area contributed by atoms with Crippen LogP contribution in [0.2, 0.25) is 0 Å². The number of nitrogens with zero attached hydrogens (tertiary/aromatic N) is 5. The first-order valence-corrected chi connectivity index (χ1v) is 14.1. The molecule has 1 aromatic heterocycles. The molecule has 0 saturated carbocycles. The lowest BCUT2D eigenvalue weighted by Gasteiger charge is -2.35. The van der Waals surface area contributed by atoms with Crippen LogP contribution in [0, 0.1) is 11.8 Å². The first kappa shape index (κ1) is 25.1. The van der Waals surface area contributed by atoms with Crippen molar-refractivity contribution in [2.24, 2.45) is 11.8 Å². The number of likely N-dealkylation sites (tertiary alicyclic amines) is 1. The van der Waals surface area contributed by atoms with Crippen LogP contribution in [0.3, 0.4) is 0 Å². The molecule has 6 rings (SSSR count). The van der Waals surface area contributed by atoms with Crippen LogP contribution >= 0.6 is 11.8 Å². The predicted molar refractivity (Wildman–Crippen MR) is 141 cm³/mol. The second-order valence-electron chi connectivity index (χ2n) is 10.2. The summed E-state index contributed by atoms with van der Waals surface area (Å²) in [6.45, 7) is 1.33. The van der Waals surface area contributed by atoms with Crippen molar-refractivity contribution in [3.05, 3.63) is 48.6 Å². The molecule has 10 nitrogen and oxygen atoms in total. The Morgan fingerprint density at radius 2 is 1.97 bits per heavy atom. The summed E-state index contributed by atoms with van der Waals surface area (Å²) >= 11 is 1.54. The van der Waals surface area contributed by atoms with Crippen molar-refractivity contribution in [2.45, 2.75) is 48.4 Å². The van der Waals surface area contributed by atoms with E-state index in [1.807, 2.05) is 48.6 Å². The Morgan fingerprint density at radius 3 is 2.84 bits per heavy atom. The van der Waals surface area contributed by atoms with E-state index in [1.54, 1.807) is 26.2 Å². The van der Waals surface area contributed by atoms with Gasteiger partial charge in [-0.15, -0.1) is 16.9 Å². The van der Waals surface area contributed by atoms with E-state index >= 15 is 0 Å². The van der Waals surface area contributed by atoms with Gasteiger partial charge in [0.1, 0.15) is 18.2 Å². The summed E-state index contributed by atoms with van der Waals surface area (Å²) in [6.07, 6.45) is 10.7. The zero-order valence-corrected chi connectivity index (χ0v) is 21.8. The van der Waals surface area contributed by atoms with Crippen molar-refractivity contribution in [3.8, 4) is 0 Å². The van der Waals surface area contributed by atoms with Gasteiger partial charge in [-0.2, -0.15) is 0 Å². The van der Waals surface area contributed by atoms with Gasteiger partial charge in [0.25, 0.3) is 0 Å². The van der Waals surface area contributed by atoms with E-state index in [9.17, 15) is 19.5 Å². The molecule has 11 heteroatoms. The molecule has 2 amide bonds. The number of cyclic esters (lactones) is 1. The number of para-hydroxylation sites is 1. The molecule has 0 radical (unpaired) electrons. The van der Waals surface area contributed by atoms with E-state index in [4.69, 9.17) is 4.74 Å². The van der Waals surface area contributed by atoms with Crippen LogP contribution in [0.4, 0.5) is 0 Å². The van der Waals surface area contributed by atoms with Crippen LogP contribution in [0.15, 0.2) is 48.6 Å². The van der Waals surface area contributed by atoms with E-state index < -0.39 is 22.6 Å². The molecule has 1 N–H and O–H groups in total. The van der Waals surface area contributed by atoms with Gasteiger partial charge in [0, 0.05) is 24.9 Å². The number of esters is 1. The number of unbranched alkanes of at least 4 members (excludes halogenated alkanes) is 2. The molecule has 1 spiro atoms. The van der Waals surface area contributed by atoms with E-state index in [2.05, 4.69) is 10.3 Å². The van der Waals surface area contributed by atoms with E-state index in [1.165, 1.54) is 0 Å². The topological polar surface area (TPSA) is 118 Å². The van der Waals surface area contributed by atoms with Crippen LogP contribution in [0.1, 0.15) is 25.7 Å². The maximum Gasteiger partial charge on any atom is 0.311 e. The first-order chi connectivity index (χ1) is 18.5. The quantitative estimate of drug-likeness (QED) is 0.323. The van der Waals surface area contributed by atoms with Gasteiger partial charge in [-0.25, -0.2) is 4.68 Å². The second-order valence-corrected chi connectivity index (χ2v) is 11.7. The summed E-state index contributed by atoms with van der Waals surface area (Å²) in [5.41, 5.74) is 1.57. The van der Waals surface area contributed by atoms with Gasteiger partial charge in [0.2, 0.25) is 11.8 Å². The van der Waals surface area contributed by atoms with E-state index in [0.29, 0.717) is 39.0 Å². The number of carbonyl (C=O) groups is 3. The molecule has 5 heterocycles. The summed E-state index contributed by atoms with van der Waals surface area (Å²) in [5, 5.41) is 17.5. The zero-order valence-electron chi connectivity index (χ0n) is 21.0. The van der Waals surface area contributed by atoms with Crippen molar-refractivity contribution >= 4 is 40.6 Å². The number of rotatable bonds is 7. The van der Waals surface area contributed by atoms with Crippen LogP contribution in [0.5, 0.6) is 0 Å². The lowest BCUT2D eigenvalue weighted by atomic mass is 9.78. The number of aromatic nitrogens is 3. The highest BCUT2D eigenvalue weighted by Gasteiger charge is 2.70. The van der Waals surface area contributed by atoms with Crippen LogP contribution in [0.25, 0.3) is 11.0 Å². The third-order valence-corrected chi connectivity index (χ3v) is 9.73.